The molecule has 1 aliphatic heterocycles. The predicted octanol–water partition coefficient (Wildman–Crippen LogP) is 1.86. The summed E-state index contributed by atoms with van der Waals surface area (Å²) in [6.07, 6.45) is 1.77. The maximum absolute atomic E-state index is 11.7. The molecule has 0 N–H and O–H groups in total. The number of hydrogen-bond acceptors (Lipinski definition) is 4. The van der Waals surface area contributed by atoms with E-state index in [1.165, 1.54) is 10.2 Å². The predicted molar refractivity (Wildman–Crippen MR) is 91.1 cm³/mol. The molecule has 3 rings (SSSR count). The highest BCUT2D eigenvalue weighted by molar-refractivity contribution is 9.10. The van der Waals surface area contributed by atoms with Crippen LogP contribution in [0, 0.1) is 0 Å². The molecule has 0 atom stereocenters. The van der Waals surface area contributed by atoms with Crippen LogP contribution in [0.3, 0.4) is 0 Å². The van der Waals surface area contributed by atoms with Crippen molar-refractivity contribution in [1.82, 2.24) is 14.7 Å². The van der Waals surface area contributed by atoms with Crippen LogP contribution in [-0.2, 0) is 13.6 Å². The van der Waals surface area contributed by atoms with Gasteiger partial charge in [0.1, 0.15) is 0 Å². The summed E-state index contributed by atoms with van der Waals surface area (Å²) < 4.78 is 2.51. The first-order chi connectivity index (χ1) is 10.6. The fourth-order valence-electron chi connectivity index (χ4n) is 2.66. The third kappa shape index (κ3) is 3.39. The van der Waals surface area contributed by atoms with Gasteiger partial charge in [-0.15, -0.1) is 0 Å². The molecule has 1 aromatic heterocycles. The van der Waals surface area contributed by atoms with Crippen molar-refractivity contribution >= 4 is 21.6 Å². The van der Waals surface area contributed by atoms with Crippen molar-refractivity contribution in [1.29, 1.82) is 0 Å². The van der Waals surface area contributed by atoms with Gasteiger partial charge in [-0.3, -0.25) is 9.69 Å². The van der Waals surface area contributed by atoms with Gasteiger partial charge in [-0.05, 0) is 11.6 Å². The quantitative estimate of drug-likeness (QED) is 0.835. The first kappa shape index (κ1) is 15.2. The van der Waals surface area contributed by atoms with Crippen LogP contribution in [0.4, 0.5) is 5.69 Å². The van der Waals surface area contributed by atoms with Crippen molar-refractivity contribution in [3.05, 3.63) is 56.9 Å². The molecule has 0 unspecified atom stereocenters. The molecule has 2 aromatic rings. The highest BCUT2D eigenvalue weighted by Crippen LogP contribution is 2.19. The molecule has 116 valence electrons. The van der Waals surface area contributed by atoms with Gasteiger partial charge < -0.3 is 4.90 Å². The van der Waals surface area contributed by atoms with Crippen molar-refractivity contribution < 1.29 is 0 Å². The Kier molecular flexibility index (Phi) is 4.59. The number of rotatable bonds is 3. The van der Waals surface area contributed by atoms with Crippen molar-refractivity contribution in [3.8, 4) is 0 Å². The monoisotopic (exact) mass is 362 g/mol. The van der Waals surface area contributed by atoms with E-state index < -0.39 is 0 Å². The number of piperazine rings is 1. The van der Waals surface area contributed by atoms with Gasteiger partial charge in [-0.1, -0.05) is 34.1 Å². The van der Waals surface area contributed by atoms with E-state index in [9.17, 15) is 4.79 Å². The lowest BCUT2D eigenvalue weighted by molar-refractivity contribution is 0.249. The van der Waals surface area contributed by atoms with Crippen molar-refractivity contribution in [2.75, 3.05) is 31.1 Å². The van der Waals surface area contributed by atoms with Crippen LogP contribution in [0.25, 0.3) is 0 Å². The van der Waals surface area contributed by atoms with Crippen LogP contribution in [0.15, 0.2) is 45.8 Å². The third-order valence-corrected chi connectivity index (χ3v) is 4.82. The average Bonchev–Trinajstić information content (AvgIpc) is 2.53. The summed E-state index contributed by atoms with van der Waals surface area (Å²) in [5, 5.41) is 4.09. The molecule has 1 aliphatic rings. The molecule has 1 aromatic carbocycles. The molecule has 0 amide bonds. The lowest BCUT2D eigenvalue weighted by Gasteiger charge is -2.36. The number of hydrogen-bond donors (Lipinski definition) is 0. The van der Waals surface area contributed by atoms with Crippen molar-refractivity contribution in [2.24, 2.45) is 7.05 Å². The molecule has 1 fully saturated rings. The fraction of sp³-hybridized carbons (Fsp3) is 0.375. The maximum Gasteiger partial charge on any atom is 0.268 e. The smallest absolute Gasteiger partial charge is 0.268 e. The second-order valence-electron chi connectivity index (χ2n) is 5.53. The van der Waals surface area contributed by atoms with Crippen LogP contribution in [-0.4, -0.2) is 40.9 Å². The SMILES string of the molecule is Cn1ncc(N2CCN(Cc3ccccc3Br)CC2)cc1=O. The van der Waals surface area contributed by atoms with E-state index >= 15 is 0 Å². The average molecular weight is 363 g/mol. The van der Waals surface area contributed by atoms with E-state index in [1.54, 1.807) is 19.3 Å². The highest BCUT2D eigenvalue weighted by Gasteiger charge is 2.18. The van der Waals surface area contributed by atoms with Gasteiger partial charge in [0.2, 0.25) is 0 Å². The molecular weight excluding hydrogens is 344 g/mol. The van der Waals surface area contributed by atoms with Gasteiger partial charge in [0.15, 0.2) is 0 Å². The topological polar surface area (TPSA) is 41.4 Å². The van der Waals surface area contributed by atoms with E-state index in [1.807, 2.05) is 6.07 Å². The zero-order chi connectivity index (χ0) is 15.5. The molecule has 2 heterocycles. The summed E-state index contributed by atoms with van der Waals surface area (Å²) in [5.74, 6) is 0. The number of halogens is 1. The molecular formula is C16H19BrN4O. The molecule has 5 nitrogen and oxygen atoms in total. The van der Waals surface area contributed by atoms with Crippen LogP contribution in [0.1, 0.15) is 5.56 Å². The second-order valence-corrected chi connectivity index (χ2v) is 6.38. The van der Waals surface area contributed by atoms with E-state index in [0.29, 0.717) is 0 Å². The Labute approximate surface area is 138 Å². The molecule has 0 spiro atoms. The molecule has 1 saturated heterocycles. The minimum Gasteiger partial charge on any atom is -0.368 e. The summed E-state index contributed by atoms with van der Waals surface area (Å²) in [4.78, 5) is 16.3. The highest BCUT2D eigenvalue weighted by atomic mass is 79.9. The van der Waals surface area contributed by atoms with Crippen LogP contribution >= 0.6 is 15.9 Å². The van der Waals surface area contributed by atoms with Crippen LogP contribution < -0.4 is 10.5 Å². The zero-order valence-corrected chi connectivity index (χ0v) is 14.2. The normalized spacial score (nSPS) is 16.0. The van der Waals surface area contributed by atoms with Crippen molar-refractivity contribution in [2.45, 2.75) is 6.54 Å². The number of benzene rings is 1. The van der Waals surface area contributed by atoms with Gasteiger partial charge in [0, 0.05) is 50.3 Å². The second kappa shape index (κ2) is 6.62. The first-order valence-corrected chi connectivity index (χ1v) is 8.17. The molecule has 0 aliphatic carbocycles. The minimum atomic E-state index is -0.0619. The van der Waals surface area contributed by atoms with E-state index in [-0.39, 0.29) is 5.56 Å². The zero-order valence-electron chi connectivity index (χ0n) is 12.6. The van der Waals surface area contributed by atoms with Gasteiger partial charge >= 0.3 is 0 Å². The van der Waals surface area contributed by atoms with E-state index in [4.69, 9.17) is 0 Å². The van der Waals surface area contributed by atoms with E-state index in [2.05, 4.69) is 49.0 Å². The number of anilines is 1. The Morgan fingerprint density at radius 2 is 1.91 bits per heavy atom. The van der Waals surface area contributed by atoms with Gasteiger partial charge in [-0.2, -0.15) is 5.10 Å². The third-order valence-electron chi connectivity index (χ3n) is 4.04. The molecule has 0 bridgehead atoms. The Morgan fingerprint density at radius 3 is 2.59 bits per heavy atom. The summed E-state index contributed by atoms with van der Waals surface area (Å²) in [6.45, 7) is 4.75. The lowest BCUT2D eigenvalue weighted by atomic mass is 10.2. The summed E-state index contributed by atoms with van der Waals surface area (Å²) in [6, 6.07) is 10.0. The van der Waals surface area contributed by atoms with Crippen molar-refractivity contribution in [3.63, 3.8) is 0 Å². The Hall–Kier alpha value is -1.66. The Bertz CT molecular complexity index is 707. The van der Waals surface area contributed by atoms with Crippen LogP contribution in [0.2, 0.25) is 0 Å². The van der Waals surface area contributed by atoms with Gasteiger partial charge in [0.05, 0.1) is 11.9 Å². The number of aromatic nitrogens is 2. The lowest BCUT2D eigenvalue weighted by Crippen LogP contribution is -2.46. The number of aryl methyl sites for hydroxylation is 1. The number of nitrogens with zero attached hydrogens (tertiary/aromatic N) is 4. The fourth-order valence-corrected chi connectivity index (χ4v) is 3.07. The Balaban J connectivity index is 1.61. The first-order valence-electron chi connectivity index (χ1n) is 7.37. The van der Waals surface area contributed by atoms with Gasteiger partial charge in [-0.25, -0.2) is 4.68 Å². The molecule has 0 saturated carbocycles. The molecule has 22 heavy (non-hydrogen) atoms. The minimum absolute atomic E-state index is 0.0619. The summed E-state index contributed by atoms with van der Waals surface area (Å²) >= 11 is 3.60. The standard InChI is InChI=1S/C16H19BrN4O/c1-19-16(22)10-14(11-18-19)21-8-6-20(7-9-21)12-13-4-2-3-5-15(13)17/h2-5,10-11H,6-9,12H2,1H3. The molecule has 0 radical (unpaired) electrons. The summed E-state index contributed by atoms with van der Waals surface area (Å²) in [5.41, 5.74) is 2.17. The van der Waals surface area contributed by atoms with Gasteiger partial charge in [0.25, 0.3) is 5.56 Å². The van der Waals surface area contributed by atoms with Crippen LogP contribution in [0.5, 0.6) is 0 Å². The molecule has 6 heteroatoms. The largest absolute Gasteiger partial charge is 0.368 e. The Morgan fingerprint density at radius 1 is 1.18 bits per heavy atom. The van der Waals surface area contributed by atoms with E-state index in [0.717, 1.165) is 42.9 Å². The maximum atomic E-state index is 11.7. The summed E-state index contributed by atoms with van der Waals surface area (Å²) in [7, 11) is 1.67.